The highest BCUT2D eigenvalue weighted by atomic mass is 31.2. The molecule has 0 saturated heterocycles. The van der Waals surface area contributed by atoms with Gasteiger partial charge < -0.3 is 9.63 Å². The summed E-state index contributed by atoms with van der Waals surface area (Å²) in [4.78, 5) is 30.0. The van der Waals surface area contributed by atoms with E-state index in [1.807, 2.05) is 0 Å². The molecule has 0 heterocycles. The molecule has 70 valence electrons. The standard InChI is InChI=1S/C6H11O5P/c1-11-5(7)3-4-6(8)12(2,9)10/h3-4H2,1-2H3,(H,9,10). The minimum atomic E-state index is -3.67. The second-order valence-corrected chi connectivity index (χ2v) is 4.61. The van der Waals surface area contributed by atoms with E-state index in [1.54, 1.807) is 0 Å². The molecule has 0 bridgehead atoms. The molecule has 0 aromatic carbocycles. The van der Waals surface area contributed by atoms with E-state index >= 15 is 0 Å². The zero-order valence-corrected chi connectivity index (χ0v) is 7.84. The van der Waals surface area contributed by atoms with Gasteiger partial charge in [-0.3, -0.25) is 14.2 Å². The summed E-state index contributed by atoms with van der Waals surface area (Å²) in [5.74, 6) is -0.559. The number of hydrogen-bond donors (Lipinski definition) is 1. The molecule has 0 fully saturated rings. The van der Waals surface area contributed by atoms with E-state index in [9.17, 15) is 14.2 Å². The average Bonchev–Trinajstić information content (AvgIpc) is 1.97. The molecule has 0 aliphatic carbocycles. The van der Waals surface area contributed by atoms with Gasteiger partial charge in [-0.1, -0.05) is 0 Å². The summed E-state index contributed by atoms with van der Waals surface area (Å²) in [7, 11) is -2.48. The summed E-state index contributed by atoms with van der Waals surface area (Å²) < 4.78 is 14.9. The molecule has 1 atom stereocenters. The third-order valence-electron chi connectivity index (χ3n) is 1.23. The largest absolute Gasteiger partial charge is 0.469 e. The van der Waals surface area contributed by atoms with Crippen LogP contribution in [-0.2, 0) is 18.9 Å². The van der Waals surface area contributed by atoms with Crippen molar-refractivity contribution >= 4 is 18.9 Å². The smallest absolute Gasteiger partial charge is 0.305 e. The molecular weight excluding hydrogens is 183 g/mol. The van der Waals surface area contributed by atoms with E-state index in [4.69, 9.17) is 4.89 Å². The molecule has 5 nitrogen and oxygen atoms in total. The summed E-state index contributed by atoms with van der Waals surface area (Å²) in [6, 6.07) is 0. The predicted octanol–water partition coefficient (Wildman–Crippen LogP) is 0.366. The van der Waals surface area contributed by atoms with E-state index < -0.39 is 18.9 Å². The number of ether oxygens (including phenoxy) is 1. The molecule has 12 heavy (non-hydrogen) atoms. The van der Waals surface area contributed by atoms with Crippen LogP contribution in [0.1, 0.15) is 12.8 Å². The number of esters is 1. The zero-order valence-electron chi connectivity index (χ0n) is 6.94. The van der Waals surface area contributed by atoms with Crippen molar-refractivity contribution in [2.45, 2.75) is 12.8 Å². The first kappa shape index (κ1) is 11.3. The first-order valence-electron chi connectivity index (χ1n) is 3.28. The lowest BCUT2D eigenvalue weighted by molar-refractivity contribution is -0.141. The summed E-state index contributed by atoms with van der Waals surface area (Å²) in [6.07, 6.45) is -0.384. The van der Waals surface area contributed by atoms with Crippen molar-refractivity contribution in [3.8, 4) is 0 Å². The van der Waals surface area contributed by atoms with Crippen LogP contribution in [0.5, 0.6) is 0 Å². The van der Waals surface area contributed by atoms with E-state index in [-0.39, 0.29) is 12.8 Å². The lowest BCUT2D eigenvalue weighted by Gasteiger charge is -2.02. The van der Waals surface area contributed by atoms with Crippen LogP contribution in [0.4, 0.5) is 0 Å². The van der Waals surface area contributed by atoms with Crippen molar-refractivity contribution in [2.24, 2.45) is 0 Å². The Balaban J connectivity index is 3.89. The van der Waals surface area contributed by atoms with Crippen LogP contribution in [0.2, 0.25) is 0 Å². The van der Waals surface area contributed by atoms with Gasteiger partial charge in [-0.2, -0.15) is 0 Å². The van der Waals surface area contributed by atoms with E-state index in [0.717, 1.165) is 6.66 Å². The Bertz CT molecular complexity index is 228. The molecular formula is C6H11O5P. The third kappa shape index (κ3) is 4.26. The van der Waals surface area contributed by atoms with Gasteiger partial charge in [0, 0.05) is 13.1 Å². The summed E-state index contributed by atoms with van der Waals surface area (Å²) >= 11 is 0. The lowest BCUT2D eigenvalue weighted by atomic mass is 10.3. The van der Waals surface area contributed by atoms with Gasteiger partial charge in [0.1, 0.15) is 0 Å². The van der Waals surface area contributed by atoms with E-state index in [0.29, 0.717) is 0 Å². The van der Waals surface area contributed by atoms with E-state index in [2.05, 4.69) is 4.74 Å². The summed E-state index contributed by atoms with van der Waals surface area (Å²) in [5.41, 5.74) is -0.798. The Kier molecular flexibility index (Phi) is 4.13. The number of carbonyl (C=O) groups excluding carboxylic acids is 2. The maximum absolute atomic E-state index is 10.8. The highest BCUT2D eigenvalue weighted by Gasteiger charge is 2.22. The zero-order chi connectivity index (χ0) is 9.78. The Labute approximate surface area is 70.2 Å². The van der Waals surface area contributed by atoms with Gasteiger partial charge >= 0.3 is 5.97 Å². The predicted molar refractivity (Wildman–Crippen MR) is 42.0 cm³/mol. The second-order valence-electron chi connectivity index (χ2n) is 2.35. The van der Waals surface area contributed by atoms with Gasteiger partial charge in [-0.25, -0.2) is 0 Å². The molecule has 0 rings (SSSR count). The molecule has 0 spiro atoms. The topological polar surface area (TPSA) is 80.7 Å². The monoisotopic (exact) mass is 194 g/mol. The first-order chi connectivity index (χ1) is 5.38. The van der Waals surface area contributed by atoms with Crippen LogP contribution in [0.3, 0.4) is 0 Å². The van der Waals surface area contributed by atoms with Gasteiger partial charge in [0.15, 0.2) is 0 Å². The van der Waals surface area contributed by atoms with Gasteiger partial charge in [0.2, 0.25) is 5.52 Å². The minimum Gasteiger partial charge on any atom is -0.469 e. The molecule has 1 N–H and O–H groups in total. The molecule has 0 aliphatic heterocycles. The van der Waals surface area contributed by atoms with Crippen LogP contribution in [0.25, 0.3) is 0 Å². The van der Waals surface area contributed by atoms with Crippen LogP contribution in [0, 0.1) is 0 Å². The number of rotatable bonds is 4. The van der Waals surface area contributed by atoms with Crippen molar-refractivity contribution in [3.63, 3.8) is 0 Å². The molecule has 1 unspecified atom stereocenters. The lowest BCUT2D eigenvalue weighted by Crippen LogP contribution is -2.05. The molecule has 6 heteroatoms. The number of methoxy groups -OCH3 is 1. The number of carbonyl (C=O) groups is 2. The van der Waals surface area contributed by atoms with E-state index in [1.165, 1.54) is 7.11 Å². The third-order valence-corrected chi connectivity index (χ3v) is 2.38. The summed E-state index contributed by atoms with van der Waals surface area (Å²) in [6.45, 7) is 0.951. The van der Waals surface area contributed by atoms with Gasteiger partial charge in [0.05, 0.1) is 13.5 Å². The molecule has 0 radical (unpaired) electrons. The van der Waals surface area contributed by atoms with Crippen LogP contribution in [-0.4, -0.2) is 30.2 Å². The fraction of sp³-hybridized carbons (Fsp3) is 0.667. The quantitative estimate of drug-likeness (QED) is 0.516. The van der Waals surface area contributed by atoms with Crippen molar-refractivity contribution in [1.82, 2.24) is 0 Å². The molecule has 0 saturated carbocycles. The molecule has 0 aromatic heterocycles. The van der Waals surface area contributed by atoms with Crippen LogP contribution >= 0.6 is 7.37 Å². The van der Waals surface area contributed by atoms with Crippen molar-refractivity contribution in [2.75, 3.05) is 13.8 Å². The Hall–Kier alpha value is -0.670. The maximum Gasteiger partial charge on any atom is 0.305 e. The average molecular weight is 194 g/mol. The highest BCUT2D eigenvalue weighted by molar-refractivity contribution is 7.74. The Morgan fingerprint density at radius 1 is 1.42 bits per heavy atom. The van der Waals surface area contributed by atoms with Crippen molar-refractivity contribution < 1.29 is 23.8 Å². The fourth-order valence-electron chi connectivity index (χ4n) is 0.519. The minimum absolute atomic E-state index is 0.145. The first-order valence-corrected chi connectivity index (χ1v) is 5.39. The number of hydrogen-bond acceptors (Lipinski definition) is 4. The maximum atomic E-state index is 10.8. The van der Waals surface area contributed by atoms with Crippen molar-refractivity contribution in [1.29, 1.82) is 0 Å². The highest BCUT2D eigenvalue weighted by Crippen LogP contribution is 2.37. The second kappa shape index (κ2) is 4.38. The summed E-state index contributed by atoms with van der Waals surface area (Å²) in [5, 5.41) is 0. The SMILES string of the molecule is COC(=O)CCC(=O)P(C)(=O)O. The van der Waals surface area contributed by atoms with Gasteiger partial charge in [-0.05, 0) is 0 Å². The molecule has 0 aliphatic rings. The Morgan fingerprint density at radius 2 is 1.92 bits per heavy atom. The molecule has 0 amide bonds. The Morgan fingerprint density at radius 3 is 2.25 bits per heavy atom. The normalized spacial score (nSPS) is 14.9. The molecule has 0 aromatic rings. The van der Waals surface area contributed by atoms with Crippen LogP contribution < -0.4 is 0 Å². The van der Waals surface area contributed by atoms with Crippen LogP contribution in [0.15, 0.2) is 0 Å². The van der Waals surface area contributed by atoms with Gasteiger partial charge in [0.25, 0.3) is 7.37 Å². The van der Waals surface area contributed by atoms with Crippen molar-refractivity contribution in [3.05, 3.63) is 0 Å². The van der Waals surface area contributed by atoms with Gasteiger partial charge in [-0.15, -0.1) is 0 Å². The fourth-order valence-corrected chi connectivity index (χ4v) is 1.05.